The van der Waals surface area contributed by atoms with Gasteiger partial charge in [-0.1, -0.05) is 18.2 Å². The first-order valence-corrected chi connectivity index (χ1v) is 9.18. The van der Waals surface area contributed by atoms with E-state index in [1.165, 1.54) is 0 Å². The van der Waals surface area contributed by atoms with Gasteiger partial charge >= 0.3 is 0 Å². The second kappa shape index (κ2) is 8.58. The fourth-order valence-corrected chi connectivity index (χ4v) is 3.12. The summed E-state index contributed by atoms with van der Waals surface area (Å²) in [7, 11) is 0. The van der Waals surface area contributed by atoms with Crippen LogP contribution in [0.4, 0.5) is 5.69 Å². The number of para-hydroxylation sites is 1. The van der Waals surface area contributed by atoms with Crippen LogP contribution in [0.25, 0.3) is 0 Å². The molecule has 1 aliphatic rings. The van der Waals surface area contributed by atoms with Crippen molar-refractivity contribution in [2.24, 2.45) is 0 Å². The molecule has 2 amide bonds. The first-order chi connectivity index (χ1) is 13.1. The van der Waals surface area contributed by atoms with E-state index in [2.05, 4.69) is 5.32 Å². The van der Waals surface area contributed by atoms with E-state index in [9.17, 15) is 9.59 Å². The predicted octanol–water partition coefficient (Wildman–Crippen LogP) is 3.02. The van der Waals surface area contributed by atoms with Crippen molar-refractivity contribution in [3.05, 3.63) is 54.1 Å². The van der Waals surface area contributed by atoms with Crippen molar-refractivity contribution in [1.82, 2.24) is 5.32 Å². The second-order valence-electron chi connectivity index (χ2n) is 6.24. The Kier molecular flexibility index (Phi) is 5.96. The molecule has 1 atom stereocenters. The zero-order valence-electron chi connectivity index (χ0n) is 15.6. The van der Waals surface area contributed by atoms with Gasteiger partial charge in [-0.15, -0.1) is 0 Å². The average molecular weight is 368 g/mol. The predicted molar refractivity (Wildman–Crippen MR) is 103 cm³/mol. The lowest BCUT2D eigenvalue weighted by molar-refractivity contribution is -0.117. The van der Waals surface area contributed by atoms with Gasteiger partial charge in [0.1, 0.15) is 0 Å². The highest BCUT2D eigenvalue weighted by molar-refractivity contribution is 5.99. The monoisotopic (exact) mass is 368 g/mol. The molecule has 3 rings (SSSR count). The number of nitrogens with one attached hydrogen (secondary N) is 1. The lowest BCUT2D eigenvalue weighted by atomic mass is 10.1. The van der Waals surface area contributed by atoms with E-state index < -0.39 is 0 Å². The average Bonchev–Trinajstić information content (AvgIpc) is 3.04. The van der Waals surface area contributed by atoms with Crippen molar-refractivity contribution in [3.63, 3.8) is 0 Å². The molecule has 6 nitrogen and oxygen atoms in total. The molecule has 142 valence electrons. The zero-order valence-corrected chi connectivity index (χ0v) is 15.6. The van der Waals surface area contributed by atoms with Crippen molar-refractivity contribution in [3.8, 4) is 11.5 Å². The molecule has 1 saturated heterocycles. The Balaban J connectivity index is 1.69. The van der Waals surface area contributed by atoms with E-state index in [0.29, 0.717) is 36.8 Å². The number of anilines is 1. The maximum Gasteiger partial charge on any atom is 0.251 e. The fraction of sp³-hybridized carbons (Fsp3) is 0.333. The van der Waals surface area contributed by atoms with E-state index in [1.807, 2.05) is 44.2 Å². The van der Waals surface area contributed by atoms with Gasteiger partial charge in [0.2, 0.25) is 5.91 Å². The zero-order chi connectivity index (χ0) is 19.2. The molecule has 27 heavy (non-hydrogen) atoms. The van der Waals surface area contributed by atoms with Crippen LogP contribution in [-0.4, -0.2) is 37.6 Å². The normalized spacial score (nSPS) is 16.3. The highest BCUT2D eigenvalue weighted by Gasteiger charge is 2.31. The molecule has 0 aromatic heterocycles. The second-order valence-corrected chi connectivity index (χ2v) is 6.24. The molecule has 2 aromatic carbocycles. The number of hydrogen-bond acceptors (Lipinski definition) is 4. The Bertz CT molecular complexity index is 807. The van der Waals surface area contributed by atoms with Crippen LogP contribution in [0.3, 0.4) is 0 Å². The number of ether oxygens (including phenoxy) is 2. The van der Waals surface area contributed by atoms with Crippen molar-refractivity contribution in [2.45, 2.75) is 26.3 Å². The molecule has 1 heterocycles. The Morgan fingerprint density at radius 3 is 2.48 bits per heavy atom. The van der Waals surface area contributed by atoms with Crippen molar-refractivity contribution in [2.75, 3.05) is 24.7 Å². The summed E-state index contributed by atoms with van der Waals surface area (Å²) in [5, 5.41) is 2.95. The van der Waals surface area contributed by atoms with Crippen LogP contribution in [0.1, 0.15) is 30.6 Å². The topological polar surface area (TPSA) is 67.9 Å². The van der Waals surface area contributed by atoms with Crippen molar-refractivity contribution in [1.29, 1.82) is 0 Å². The summed E-state index contributed by atoms with van der Waals surface area (Å²) in [6, 6.07) is 14.4. The van der Waals surface area contributed by atoms with Gasteiger partial charge in [-0.05, 0) is 44.2 Å². The van der Waals surface area contributed by atoms with E-state index in [1.54, 1.807) is 23.1 Å². The lowest BCUT2D eigenvalue weighted by Crippen LogP contribution is -2.37. The number of amides is 2. The molecule has 0 saturated carbocycles. The van der Waals surface area contributed by atoms with Gasteiger partial charge in [0.15, 0.2) is 11.5 Å². The fourth-order valence-electron chi connectivity index (χ4n) is 3.12. The number of carbonyl (C=O) groups is 2. The SMILES string of the molecule is CCOc1ccc(C(=O)NC2CC(=O)N(c3ccccc3)C2)cc1OCC. The minimum atomic E-state index is -0.230. The van der Waals surface area contributed by atoms with Crippen molar-refractivity contribution < 1.29 is 19.1 Å². The summed E-state index contributed by atoms with van der Waals surface area (Å²) in [5.74, 6) is 0.933. The van der Waals surface area contributed by atoms with Gasteiger partial charge < -0.3 is 19.7 Å². The number of carbonyl (C=O) groups excluding carboxylic acids is 2. The third-order valence-electron chi connectivity index (χ3n) is 4.33. The standard InChI is InChI=1S/C21H24N2O4/c1-3-26-18-11-10-15(12-19(18)27-4-2)21(25)22-16-13-20(24)23(14-16)17-8-6-5-7-9-17/h5-12,16H,3-4,13-14H2,1-2H3,(H,22,25). The van der Waals surface area contributed by atoms with Crippen LogP contribution in [0.2, 0.25) is 0 Å². The molecule has 1 N–H and O–H groups in total. The Morgan fingerprint density at radius 1 is 1.07 bits per heavy atom. The summed E-state index contributed by atoms with van der Waals surface area (Å²) >= 11 is 0. The Labute approximate surface area is 159 Å². The highest BCUT2D eigenvalue weighted by atomic mass is 16.5. The van der Waals surface area contributed by atoms with Crippen LogP contribution >= 0.6 is 0 Å². The molecule has 2 aromatic rings. The van der Waals surface area contributed by atoms with Crippen LogP contribution in [-0.2, 0) is 4.79 Å². The number of nitrogens with zero attached hydrogens (tertiary/aromatic N) is 1. The van der Waals surface area contributed by atoms with Crippen molar-refractivity contribution >= 4 is 17.5 Å². The molecular formula is C21H24N2O4. The minimum Gasteiger partial charge on any atom is -0.490 e. The highest BCUT2D eigenvalue weighted by Crippen LogP contribution is 2.29. The van der Waals surface area contributed by atoms with Crippen LogP contribution < -0.4 is 19.7 Å². The first kappa shape index (κ1) is 18.8. The molecule has 0 bridgehead atoms. The number of benzene rings is 2. The summed E-state index contributed by atoms with van der Waals surface area (Å²) in [4.78, 5) is 26.6. The minimum absolute atomic E-state index is 0.00759. The molecule has 1 unspecified atom stereocenters. The van der Waals surface area contributed by atoms with E-state index >= 15 is 0 Å². The third-order valence-corrected chi connectivity index (χ3v) is 4.33. The Morgan fingerprint density at radius 2 is 1.78 bits per heavy atom. The van der Waals surface area contributed by atoms with Crippen LogP contribution in [0, 0.1) is 0 Å². The maximum absolute atomic E-state index is 12.6. The Hall–Kier alpha value is -3.02. The van der Waals surface area contributed by atoms with Crippen LogP contribution in [0.15, 0.2) is 48.5 Å². The van der Waals surface area contributed by atoms with E-state index in [0.717, 1.165) is 5.69 Å². The van der Waals surface area contributed by atoms with Gasteiger partial charge in [-0.25, -0.2) is 0 Å². The lowest BCUT2D eigenvalue weighted by Gasteiger charge is -2.17. The van der Waals surface area contributed by atoms with Gasteiger partial charge in [0.05, 0.1) is 19.3 Å². The van der Waals surface area contributed by atoms with Gasteiger partial charge in [-0.3, -0.25) is 9.59 Å². The molecule has 0 spiro atoms. The summed E-state index contributed by atoms with van der Waals surface area (Å²) < 4.78 is 11.1. The summed E-state index contributed by atoms with van der Waals surface area (Å²) in [6.45, 7) is 5.24. The van der Waals surface area contributed by atoms with Gasteiger partial charge in [0.25, 0.3) is 5.91 Å². The quantitative estimate of drug-likeness (QED) is 0.816. The molecule has 0 radical (unpaired) electrons. The molecule has 1 aliphatic heterocycles. The molecule has 0 aliphatic carbocycles. The number of hydrogen-bond donors (Lipinski definition) is 1. The number of rotatable bonds is 7. The third kappa shape index (κ3) is 4.39. The largest absolute Gasteiger partial charge is 0.490 e. The summed E-state index contributed by atoms with van der Waals surface area (Å²) in [5.41, 5.74) is 1.33. The first-order valence-electron chi connectivity index (χ1n) is 9.18. The van der Waals surface area contributed by atoms with E-state index in [-0.39, 0.29) is 24.3 Å². The van der Waals surface area contributed by atoms with Gasteiger partial charge in [-0.2, -0.15) is 0 Å². The summed E-state index contributed by atoms with van der Waals surface area (Å²) in [6.07, 6.45) is 0.288. The smallest absolute Gasteiger partial charge is 0.251 e. The molecule has 6 heteroatoms. The van der Waals surface area contributed by atoms with E-state index in [4.69, 9.17) is 9.47 Å². The molecule has 1 fully saturated rings. The van der Waals surface area contributed by atoms with Gasteiger partial charge in [0, 0.05) is 24.2 Å². The van der Waals surface area contributed by atoms with Crippen LogP contribution in [0.5, 0.6) is 11.5 Å². The maximum atomic E-state index is 12.6. The molecular weight excluding hydrogens is 344 g/mol.